The van der Waals surface area contributed by atoms with Gasteiger partial charge in [-0.15, -0.1) is 0 Å². The summed E-state index contributed by atoms with van der Waals surface area (Å²) in [6, 6.07) is 18.6. The van der Waals surface area contributed by atoms with Crippen LogP contribution in [0.25, 0.3) is 0 Å². The van der Waals surface area contributed by atoms with Crippen LogP contribution < -0.4 is 10.6 Å². The highest BCUT2D eigenvalue weighted by atomic mass is 16.1. The number of rotatable bonds is 5. The van der Waals surface area contributed by atoms with Gasteiger partial charge in [-0.2, -0.15) is 0 Å². The molecule has 0 bridgehead atoms. The average molecular weight is 487 g/mol. The van der Waals surface area contributed by atoms with Crippen molar-refractivity contribution in [1.82, 2.24) is 9.97 Å². The molecule has 5 heteroatoms. The Bertz CT molecular complexity index is 790. The van der Waals surface area contributed by atoms with Crippen molar-refractivity contribution in [2.45, 2.75) is 90.5 Å². The molecule has 1 aromatic heterocycles. The van der Waals surface area contributed by atoms with Crippen LogP contribution in [-0.4, -0.2) is 15.9 Å². The third-order valence-corrected chi connectivity index (χ3v) is 3.48. The second-order valence-electron chi connectivity index (χ2n) is 6.31. The summed E-state index contributed by atoms with van der Waals surface area (Å²) in [6.45, 7) is 12.6. The predicted octanol–water partition coefficient (Wildman–Crippen LogP) is 10.3. The first-order chi connectivity index (χ1) is 15.1. The van der Waals surface area contributed by atoms with Crippen LogP contribution in [0.4, 0.5) is 17.3 Å². The standard InChI is InChI=1S/C17H14N4O.C4H10.C3H8.C2H6.4CH4/c22-16(13-7-3-1-4-8-13)20-15-11-18-17(19-12-15)21-14-9-5-2-6-10-14;1-3-4-2;1-3-2;1-2;;;;/h1-12H,(H,20,22)(H,18,19,21);3-4H2,1-2H3;3H2,1-2H3;1-2H3;4*1H4. The van der Waals surface area contributed by atoms with Crippen molar-refractivity contribution in [3.05, 3.63) is 78.6 Å². The molecule has 0 spiro atoms. The van der Waals surface area contributed by atoms with Gasteiger partial charge in [0.05, 0.1) is 18.1 Å². The largest absolute Gasteiger partial charge is 0.324 e. The lowest BCUT2D eigenvalue weighted by Gasteiger charge is -2.07. The van der Waals surface area contributed by atoms with Crippen molar-refractivity contribution in [1.29, 1.82) is 0 Å². The predicted molar refractivity (Wildman–Crippen MR) is 161 cm³/mol. The van der Waals surface area contributed by atoms with E-state index >= 15 is 0 Å². The molecule has 0 atom stereocenters. The third-order valence-electron chi connectivity index (χ3n) is 3.48. The molecule has 200 valence electrons. The quantitative estimate of drug-likeness (QED) is 0.376. The number of nitrogens with one attached hydrogen (secondary N) is 2. The molecule has 3 rings (SSSR count). The second-order valence-corrected chi connectivity index (χ2v) is 6.31. The summed E-state index contributed by atoms with van der Waals surface area (Å²) >= 11 is 0. The van der Waals surface area contributed by atoms with Crippen molar-refractivity contribution in [3.63, 3.8) is 0 Å². The highest BCUT2D eigenvalue weighted by Crippen LogP contribution is 2.13. The van der Waals surface area contributed by atoms with Crippen LogP contribution in [0, 0.1) is 0 Å². The number of unbranched alkanes of at least 4 members (excludes halogenated alkanes) is 1. The zero-order chi connectivity index (χ0) is 23.3. The normalized spacial score (nSPS) is 7.83. The molecule has 0 radical (unpaired) electrons. The molecular weight excluding hydrogens is 432 g/mol. The van der Waals surface area contributed by atoms with Crippen LogP contribution in [-0.2, 0) is 0 Å². The Kier molecular flexibility index (Phi) is 34.6. The van der Waals surface area contributed by atoms with Crippen molar-refractivity contribution < 1.29 is 4.79 Å². The lowest BCUT2D eigenvalue weighted by Crippen LogP contribution is -2.12. The summed E-state index contributed by atoms with van der Waals surface area (Å²) in [5.41, 5.74) is 2.05. The van der Waals surface area contributed by atoms with Gasteiger partial charge in [-0.3, -0.25) is 4.79 Å². The molecule has 1 heterocycles. The fourth-order valence-electron chi connectivity index (χ4n) is 1.90. The topological polar surface area (TPSA) is 66.9 Å². The Hall–Kier alpha value is -3.21. The Morgan fingerprint density at radius 2 is 1.09 bits per heavy atom. The van der Waals surface area contributed by atoms with Gasteiger partial charge < -0.3 is 10.6 Å². The number of benzene rings is 2. The third kappa shape index (κ3) is 19.9. The highest BCUT2D eigenvalue weighted by molar-refractivity contribution is 6.04. The smallest absolute Gasteiger partial charge is 0.255 e. The number of anilines is 3. The van der Waals surface area contributed by atoms with E-state index < -0.39 is 0 Å². The molecule has 0 unspecified atom stereocenters. The van der Waals surface area contributed by atoms with Crippen LogP contribution in [0.5, 0.6) is 0 Å². The van der Waals surface area contributed by atoms with Gasteiger partial charge in [0.25, 0.3) is 5.91 Å². The van der Waals surface area contributed by atoms with Crippen molar-refractivity contribution in [3.8, 4) is 0 Å². The van der Waals surface area contributed by atoms with E-state index in [9.17, 15) is 4.79 Å². The molecule has 0 aliphatic carbocycles. The van der Waals surface area contributed by atoms with E-state index in [4.69, 9.17) is 0 Å². The van der Waals surface area contributed by atoms with E-state index in [1.807, 2.05) is 62.4 Å². The maximum Gasteiger partial charge on any atom is 0.255 e. The summed E-state index contributed by atoms with van der Waals surface area (Å²) < 4.78 is 0. The monoisotopic (exact) mass is 486 g/mol. The first-order valence-corrected chi connectivity index (χ1v) is 11.1. The summed E-state index contributed by atoms with van der Waals surface area (Å²) in [7, 11) is 0. The van der Waals surface area contributed by atoms with Crippen LogP contribution in [0.2, 0.25) is 0 Å². The van der Waals surface area contributed by atoms with Gasteiger partial charge in [0, 0.05) is 11.3 Å². The summed E-state index contributed by atoms with van der Waals surface area (Å²) in [5, 5.41) is 5.84. The molecule has 0 fully saturated rings. The molecule has 5 nitrogen and oxygen atoms in total. The van der Waals surface area contributed by atoms with E-state index in [2.05, 4.69) is 48.3 Å². The minimum Gasteiger partial charge on any atom is -0.324 e. The minimum atomic E-state index is -0.187. The highest BCUT2D eigenvalue weighted by Gasteiger charge is 2.06. The maximum absolute atomic E-state index is 12.0. The second kappa shape index (κ2) is 28.8. The summed E-state index contributed by atoms with van der Waals surface area (Å²) in [5.74, 6) is 0.289. The molecule has 1 amide bonds. The van der Waals surface area contributed by atoms with Gasteiger partial charge in [-0.1, -0.05) is 127 Å². The first kappa shape index (κ1) is 42.0. The molecule has 3 aromatic rings. The van der Waals surface area contributed by atoms with Gasteiger partial charge in [0.1, 0.15) is 0 Å². The van der Waals surface area contributed by atoms with Crippen LogP contribution >= 0.6 is 0 Å². The lowest BCUT2D eigenvalue weighted by molar-refractivity contribution is 0.102. The van der Waals surface area contributed by atoms with E-state index in [0.29, 0.717) is 17.2 Å². The molecule has 2 aromatic carbocycles. The molecule has 0 saturated heterocycles. The Morgan fingerprint density at radius 3 is 1.49 bits per heavy atom. The van der Waals surface area contributed by atoms with Gasteiger partial charge >= 0.3 is 0 Å². The number of hydrogen-bond donors (Lipinski definition) is 2. The number of carbonyl (C=O) groups excluding carboxylic acids is 1. The number of para-hydroxylation sites is 1. The van der Waals surface area contributed by atoms with E-state index in [1.165, 1.54) is 19.3 Å². The van der Waals surface area contributed by atoms with E-state index in [1.54, 1.807) is 24.5 Å². The van der Waals surface area contributed by atoms with Crippen molar-refractivity contribution >= 4 is 23.2 Å². The number of nitrogens with zero attached hydrogens (tertiary/aromatic N) is 2. The summed E-state index contributed by atoms with van der Waals surface area (Å²) in [4.78, 5) is 20.4. The van der Waals surface area contributed by atoms with Gasteiger partial charge in [0.15, 0.2) is 0 Å². The fraction of sp³-hybridized carbons (Fsp3) is 0.433. The van der Waals surface area contributed by atoms with Gasteiger partial charge in [-0.25, -0.2) is 9.97 Å². The van der Waals surface area contributed by atoms with Crippen LogP contribution in [0.15, 0.2) is 73.1 Å². The van der Waals surface area contributed by atoms with Gasteiger partial charge in [0.2, 0.25) is 5.95 Å². The zero-order valence-electron chi connectivity index (χ0n) is 19.9. The Morgan fingerprint density at radius 1 is 0.686 bits per heavy atom. The molecule has 2 N–H and O–H groups in total. The molecule has 0 aliphatic rings. The van der Waals surface area contributed by atoms with E-state index in [0.717, 1.165) is 5.69 Å². The number of aromatic nitrogens is 2. The first-order valence-electron chi connectivity index (χ1n) is 11.1. The minimum absolute atomic E-state index is 0. The summed E-state index contributed by atoms with van der Waals surface area (Å²) in [6.07, 6.45) is 7.03. The average Bonchev–Trinajstić information content (AvgIpc) is 2.83. The lowest BCUT2D eigenvalue weighted by atomic mass is 10.2. The Balaban J connectivity index is -0.000000204. The Labute approximate surface area is 217 Å². The van der Waals surface area contributed by atoms with Crippen LogP contribution in [0.3, 0.4) is 0 Å². The van der Waals surface area contributed by atoms with Gasteiger partial charge in [-0.05, 0) is 24.3 Å². The number of amides is 1. The van der Waals surface area contributed by atoms with E-state index in [-0.39, 0.29) is 35.6 Å². The SMILES string of the molecule is C.C.C.C.CC.CCC.CCCC.O=C(Nc1cnc(Nc2ccccc2)nc1)c1ccccc1. The zero-order valence-corrected chi connectivity index (χ0v) is 19.9. The number of carbonyl (C=O) groups is 1. The molecule has 35 heavy (non-hydrogen) atoms. The molecule has 0 saturated carbocycles. The van der Waals surface area contributed by atoms with Crippen LogP contribution in [0.1, 0.15) is 101 Å². The van der Waals surface area contributed by atoms with Crippen molar-refractivity contribution in [2.24, 2.45) is 0 Å². The fourth-order valence-corrected chi connectivity index (χ4v) is 1.90. The maximum atomic E-state index is 12.0. The number of hydrogen-bond acceptors (Lipinski definition) is 4. The molecular formula is C30H54N4O. The molecule has 0 aliphatic heterocycles. The van der Waals surface area contributed by atoms with Crippen molar-refractivity contribution in [2.75, 3.05) is 10.6 Å².